The van der Waals surface area contributed by atoms with Crippen molar-refractivity contribution in [3.8, 4) is 0 Å². The van der Waals surface area contributed by atoms with Crippen LogP contribution in [0.3, 0.4) is 0 Å². The molecule has 2 aromatic rings. The summed E-state index contributed by atoms with van der Waals surface area (Å²) in [6.45, 7) is 8.81. The van der Waals surface area contributed by atoms with Crippen molar-refractivity contribution in [2.45, 2.75) is 26.8 Å². The van der Waals surface area contributed by atoms with Crippen LogP contribution in [0, 0.1) is 5.92 Å². The summed E-state index contributed by atoms with van der Waals surface area (Å²) in [5.41, 5.74) is 7.32. The van der Waals surface area contributed by atoms with Crippen molar-refractivity contribution < 1.29 is 17.9 Å². The van der Waals surface area contributed by atoms with Crippen molar-refractivity contribution in [2.24, 2.45) is 5.92 Å². The molecule has 146 valence electrons. The zero-order valence-electron chi connectivity index (χ0n) is 15.8. The molecule has 3 N–H and O–H groups in total. The molecule has 0 fully saturated rings. The number of nitrogens with two attached hydrogens (primary N) is 1. The Morgan fingerprint density at radius 2 is 2.04 bits per heavy atom. The Bertz CT molecular complexity index is 1000. The van der Waals surface area contributed by atoms with Crippen LogP contribution >= 0.6 is 11.3 Å². The van der Waals surface area contributed by atoms with E-state index in [1.807, 2.05) is 12.1 Å². The van der Waals surface area contributed by atoms with Crippen LogP contribution in [0.2, 0.25) is 0 Å². The Morgan fingerprint density at radius 1 is 1.37 bits per heavy atom. The summed E-state index contributed by atoms with van der Waals surface area (Å²) in [6, 6.07) is 4.58. The van der Waals surface area contributed by atoms with Gasteiger partial charge in [-0.05, 0) is 36.6 Å². The molecule has 0 saturated heterocycles. The normalized spacial score (nSPS) is 13.7. The number of rotatable bonds is 7. The van der Waals surface area contributed by atoms with Crippen LogP contribution in [0.1, 0.15) is 31.2 Å². The van der Waals surface area contributed by atoms with Crippen LogP contribution < -0.4 is 10.5 Å². The SMILES string of the molecule is C=Cc1c(/C=C(\C)S(=O)(=O)N[C@H](C(=O)OC)C(C)C)sc2cc(N)ccc12. The van der Waals surface area contributed by atoms with E-state index >= 15 is 0 Å². The second kappa shape index (κ2) is 8.24. The average Bonchev–Trinajstić information content (AvgIpc) is 2.94. The highest BCUT2D eigenvalue weighted by Gasteiger charge is 2.29. The van der Waals surface area contributed by atoms with Crippen LogP contribution in [-0.4, -0.2) is 27.5 Å². The van der Waals surface area contributed by atoms with Gasteiger partial charge in [0.1, 0.15) is 6.04 Å². The molecule has 0 saturated carbocycles. The maximum atomic E-state index is 12.7. The van der Waals surface area contributed by atoms with Crippen LogP contribution in [0.5, 0.6) is 0 Å². The minimum absolute atomic E-state index is 0.0969. The molecule has 0 aliphatic carbocycles. The summed E-state index contributed by atoms with van der Waals surface area (Å²) < 4.78 is 33.5. The first-order valence-electron chi connectivity index (χ1n) is 8.33. The fourth-order valence-corrected chi connectivity index (χ4v) is 5.07. The third-order valence-corrected chi connectivity index (χ3v) is 6.79. The number of allylic oxidation sites excluding steroid dienone is 1. The molecule has 1 aromatic carbocycles. The minimum atomic E-state index is -3.87. The van der Waals surface area contributed by atoms with Gasteiger partial charge in [0, 0.05) is 20.7 Å². The van der Waals surface area contributed by atoms with Gasteiger partial charge >= 0.3 is 5.97 Å². The van der Waals surface area contributed by atoms with Crippen LogP contribution in [0.25, 0.3) is 22.2 Å². The van der Waals surface area contributed by atoms with Crippen molar-refractivity contribution >= 4 is 55.3 Å². The quantitative estimate of drug-likeness (QED) is 0.539. The number of nitrogen functional groups attached to an aromatic ring is 1. The van der Waals surface area contributed by atoms with Gasteiger partial charge in [0.05, 0.1) is 12.0 Å². The lowest BCUT2D eigenvalue weighted by atomic mass is 10.1. The molecule has 27 heavy (non-hydrogen) atoms. The number of nitrogens with one attached hydrogen (secondary N) is 1. The third-order valence-electron chi connectivity index (χ3n) is 4.15. The zero-order chi connectivity index (χ0) is 20.4. The number of esters is 1. The second-order valence-electron chi connectivity index (χ2n) is 6.46. The van der Waals surface area contributed by atoms with E-state index in [2.05, 4.69) is 11.3 Å². The third kappa shape index (κ3) is 4.58. The number of carbonyl (C=O) groups excluding carboxylic acids is 1. The molecular formula is C19H24N2O4S2. The number of methoxy groups -OCH3 is 1. The minimum Gasteiger partial charge on any atom is -0.468 e. The number of carbonyl (C=O) groups is 1. The summed E-state index contributed by atoms with van der Waals surface area (Å²) in [5, 5.41) is 0.961. The Kier molecular flexibility index (Phi) is 6.46. The predicted octanol–water partition coefficient (Wildman–Crippen LogP) is 3.60. The van der Waals surface area contributed by atoms with E-state index < -0.39 is 22.0 Å². The Labute approximate surface area is 163 Å². The molecule has 0 spiro atoms. The lowest BCUT2D eigenvalue weighted by molar-refractivity contribution is -0.143. The van der Waals surface area contributed by atoms with Gasteiger partial charge < -0.3 is 10.5 Å². The van der Waals surface area contributed by atoms with Gasteiger partial charge in [-0.25, -0.2) is 8.42 Å². The first kappa shape index (κ1) is 21.1. The summed E-state index contributed by atoms with van der Waals surface area (Å²) in [4.78, 5) is 12.7. The average molecular weight is 409 g/mol. The number of ether oxygens (including phenoxy) is 1. The fraction of sp³-hybridized carbons (Fsp3) is 0.316. The molecule has 2 rings (SSSR count). The maximum Gasteiger partial charge on any atom is 0.324 e. The monoisotopic (exact) mass is 408 g/mol. The lowest BCUT2D eigenvalue weighted by Gasteiger charge is -2.19. The van der Waals surface area contributed by atoms with Gasteiger partial charge in [-0.1, -0.05) is 32.6 Å². The summed E-state index contributed by atoms with van der Waals surface area (Å²) in [5.74, 6) is -0.874. The van der Waals surface area contributed by atoms with Crippen LogP contribution in [0.4, 0.5) is 5.69 Å². The number of benzene rings is 1. The van der Waals surface area contributed by atoms with Crippen LogP contribution in [-0.2, 0) is 19.6 Å². The summed E-state index contributed by atoms with van der Waals surface area (Å²) in [6.07, 6.45) is 3.27. The molecular weight excluding hydrogens is 384 g/mol. The Hall–Kier alpha value is -2.16. The smallest absolute Gasteiger partial charge is 0.324 e. The predicted molar refractivity (Wildman–Crippen MR) is 113 cm³/mol. The molecule has 6 nitrogen and oxygen atoms in total. The molecule has 0 radical (unpaired) electrons. The van der Waals surface area contributed by atoms with E-state index in [-0.39, 0.29) is 10.8 Å². The molecule has 1 aromatic heterocycles. The standard InChI is InChI=1S/C19H24N2O4S2/c1-6-14-15-8-7-13(20)10-17(15)26-16(14)9-12(4)27(23,24)21-18(11(2)3)19(22)25-5/h6-11,18,21H,1,20H2,2-5H3/b12-9+/t18-/m0/s1. The number of thiophene rings is 1. The van der Waals surface area contributed by atoms with Crippen molar-refractivity contribution in [3.63, 3.8) is 0 Å². The highest BCUT2D eigenvalue weighted by Crippen LogP contribution is 2.35. The number of anilines is 1. The zero-order valence-corrected chi connectivity index (χ0v) is 17.4. The number of fused-ring (bicyclic) bond motifs is 1. The summed E-state index contributed by atoms with van der Waals surface area (Å²) >= 11 is 1.43. The molecule has 0 aliphatic heterocycles. The van der Waals surface area contributed by atoms with E-state index in [1.165, 1.54) is 25.4 Å². The van der Waals surface area contributed by atoms with Gasteiger partial charge in [0.25, 0.3) is 0 Å². The topological polar surface area (TPSA) is 98.5 Å². The van der Waals surface area contributed by atoms with E-state index in [4.69, 9.17) is 10.5 Å². The van der Waals surface area contributed by atoms with Crippen molar-refractivity contribution in [1.29, 1.82) is 0 Å². The van der Waals surface area contributed by atoms with Crippen LogP contribution in [0.15, 0.2) is 29.7 Å². The number of hydrogen-bond acceptors (Lipinski definition) is 6. The molecule has 1 heterocycles. The first-order valence-corrected chi connectivity index (χ1v) is 10.6. The second-order valence-corrected chi connectivity index (χ2v) is 9.43. The molecule has 0 unspecified atom stereocenters. The van der Waals surface area contributed by atoms with E-state index in [0.717, 1.165) is 20.5 Å². The number of sulfonamides is 1. The Balaban J connectivity index is 2.45. The van der Waals surface area contributed by atoms with Gasteiger partial charge in [-0.2, -0.15) is 4.72 Å². The van der Waals surface area contributed by atoms with Crippen molar-refractivity contribution in [1.82, 2.24) is 4.72 Å². The lowest BCUT2D eigenvalue weighted by Crippen LogP contribution is -2.45. The highest BCUT2D eigenvalue weighted by atomic mass is 32.2. The first-order chi connectivity index (χ1) is 12.6. The van der Waals surface area contributed by atoms with Gasteiger partial charge in [0.2, 0.25) is 10.0 Å². The maximum absolute atomic E-state index is 12.7. The van der Waals surface area contributed by atoms with E-state index in [9.17, 15) is 13.2 Å². The van der Waals surface area contributed by atoms with Gasteiger partial charge in [0.15, 0.2) is 0 Å². The van der Waals surface area contributed by atoms with Gasteiger partial charge in [-0.15, -0.1) is 11.3 Å². The molecule has 1 atom stereocenters. The van der Waals surface area contributed by atoms with Crippen molar-refractivity contribution in [3.05, 3.63) is 40.1 Å². The molecule has 8 heteroatoms. The highest BCUT2D eigenvalue weighted by molar-refractivity contribution is 7.93. The molecule has 0 amide bonds. The number of hydrogen-bond donors (Lipinski definition) is 2. The summed E-state index contributed by atoms with van der Waals surface area (Å²) in [7, 11) is -2.64. The Morgan fingerprint density at radius 3 is 2.59 bits per heavy atom. The van der Waals surface area contributed by atoms with E-state index in [0.29, 0.717) is 5.69 Å². The van der Waals surface area contributed by atoms with Crippen molar-refractivity contribution in [2.75, 3.05) is 12.8 Å². The molecule has 0 bridgehead atoms. The van der Waals surface area contributed by atoms with Gasteiger partial charge in [-0.3, -0.25) is 4.79 Å². The van der Waals surface area contributed by atoms with E-state index in [1.54, 1.807) is 32.1 Å². The largest absolute Gasteiger partial charge is 0.468 e. The molecule has 0 aliphatic rings. The fourth-order valence-electron chi connectivity index (χ4n) is 2.58.